The first-order valence-electron chi connectivity index (χ1n) is 11.4. The highest BCUT2D eigenvalue weighted by molar-refractivity contribution is 7.16. The molecule has 1 aliphatic heterocycles. The topological polar surface area (TPSA) is 61.9 Å². The third-order valence-electron chi connectivity index (χ3n) is 6.31. The van der Waals surface area contributed by atoms with E-state index in [2.05, 4.69) is 57.6 Å². The number of nitrogens with one attached hydrogen (secondary N) is 1. The molecule has 0 saturated carbocycles. The Balaban J connectivity index is 1.33. The van der Waals surface area contributed by atoms with E-state index in [9.17, 15) is 9.59 Å². The monoisotopic (exact) mass is 465 g/mol. The molecule has 1 fully saturated rings. The maximum Gasteiger partial charge on any atom is 0.341 e. The van der Waals surface area contributed by atoms with Gasteiger partial charge in [0.2, 0.25) is 5.91 Å². The van der Waals surface area contributed by atoms with Crippen molar-refractivity contribution in [2.24, 2.45) is 0 Å². The van der Waals surface area contributed by atoms with Crippen LogP contribution in [0.5, 0.6) is 0 Å². The number of nitrogens with zero attached hydrogens (tertiary/aromatic N) is 2. The van der Waals surface area contributed by atoms with Crippen molar-refractivity contribution >= 4 is 39.0 Å². The summed E-state index contributed by atoms with van der Waals surface area (Å²) in [7, 11) is 1.37. The number of thiophene rings is 1. The lowest BCUT2D eigenvalue weighted by Crippen LogP contribution is -2.48. The van der Waals surface area contributed by atoms with Crippen LogP contribution in [0.3, 0.4) is 0 Å². The third-order valence-corrected chi connectivity index (χ3v) is 7.37. The summed E-state index contributed by atoms with van der Waals surface area (Å²) in [6.07, 6.45) is 0.724. The molecule has 0 unspecified atom stereocenters. The lowest BCUT2D eigenvalue weighted by molar-refractivity contribution is -0.117. The van der Waals surface area contributed by atoms with Crippen molar-refractivity contribution in [1.82, 2.24) is 9.80 Å². The molecule has 1 amide bonds. The Bertz CT molecular complexity index is 1140. The number of hydrogen-bond acceptors (Lipinski definition) is 6. The van der Waals surface area contributed by atoms with Gasteiger partial charge in [-0.2, -0.15) is 0 Å². The van der Waals surface area contributed by atoms with Gasteiger partial charge in [-0.25, -0.2) is 4.79 Å². The maximum absolute atomic E-state index is 12.8. The number of carbonyl (C=O) groups excluding carboxylic acids is 2. The second kappa shape index (κ2) is 10.5. The third kappa shape index (κ3) is 5.27. The molecule has 0 radical (unpaired) electrons. The van der Waals surface area contributed by atoms with Crippen LogP contribution in [0.25, 0.3) is 10.8 Å². The first-order chi connectivity index (χ1) is 16.0. The second-order valence-corrected chi connectivity index (χ2v) is 9.65. The van der Waals surface area contributed by atoms with E-state index in [-0.39, 0.29) is 5.91 Å². The molecule has 4 rings (SSSR count). The van der Waals surface area contributed by atoms with Gasteiger partial charge in [0.05, 0.1) is 19.2 Å². The number of aryl methyl sites for hydroxylation is 1. The number of benzene rings is 2. The van der Waals surface area contributed by atoms with Crippen LogP contribution in [-0.2, 0) is 22.5 Å². The van der Waals surface area contributed by atoms with Crippen molar-refractivity contribution in [2.75, 3.05) is 45.2 Å². The van der Waals surface area contributed by atoms with Gasteiger partial charge in [-0.3, -0.25) is 14.6 Å². The zero-order valence-electron chi connectivity index (χ0n) is 19.5. The van der Waals surface area contributed by atoms with E-state index in [1.54, 1.807) is 0 Å². The van der Waals surface area contributed by atoms with Gasteiger partial charge in [0.1, 0.15) is 5.00 Å². The number of hydrogen-bond donors (Lipinski definition) is 1. The van der Waals surface area contributed by atoms with Crippen LogP contribution >= 0.6 is 11.3 Å². The fourth-order valence-corrected chi connectivity index (χ4v) is 5.71. The molecule has 1 N–H and O–H groups in total. The molecule has 1 aromatic heterocycles. The highest BCUT2D eigenvalue weighted by Crippen LogP contribution is 2.34. The Morgan fingerprint density at radius 3 is 2.45 bits per heavy atom. The number of fused-ring (bicyclic) bond motifs is 1. The predicted molar refractivity (Wildman–Crippen MR) is 134 cm³/mol. The number of methoxy groups -OCH3 is 1. The van der Waals surface area contributed by atoms with E-state index in [1.165, 1.54) is 34.8 Å². The number of esters is 1. The fourth-order valence-electron chi connectivity index (χ4n) is 4.56. The van der Waals surface area contributed by atoms with E-state index < -0.39 is 5.97 Å². The first-order valence-corrected chi connectivity index (χ1v) is 12.2. The highest BCUT2D eigenvalue weighted by atomic mass is 32.1. The molecule has 0 atom stereocenters. The zero-order chi connectivity index (χ0) is 23.4. The fraction of sp³-hybridized carbons (Fsp3) is 0.385. The Morgan fingerprint density at radius 2 is 1.73 bits per heavy atom. The van der Waals surface area contributed by atoms with E-state index in [4.69, 9.17) is 4.74 Å². The van der Waals surface area contributed by atoms with E-state index >= 15 is 0 Å². The number of piperazine rings is 1. The molecule has 33 heavy (non-hydrogen) atoms. The zero-order valence-corrected chi connectivity index (χ0v) is 20.3. The number of anilines is 1. The molecular weight excluding hydrogens is 434 g/mol. The van der Waals surface area contributed by atoms with E-state index in [1.807, 2.05) is 13.8 Å². The summed E-state index contributed by atoms with van der Waals surface area (Å²) < 4.78 is 4.95. The van der Waals surface area contributed by atoms with E-state index in [0.717, 1.165) is 49.6 Å². The lowest BCUT2D eigenvalue weighted by Gasteiger charge is -2.34. The molecule has 0 spiro atoms. The predicted octanol–water partition coefficient (Wildman–Crippen LogP) is 4.32. The van der Waals surface area contributed by atoms with Gasteiger partial charge < -0.3 is 10.1 Å². The highest BCUT2D eigenvalue weighted by Gasteiger charge is 2.24. The molecule has 1 saturated heterocycles. The second-order valence-electron chi connectivity index (χ2n) is 8.42. The molecule has 7 heteroatoms. The summed E-state index contributed by atoms with van der Waals surface area (Å²) in [5, 5.41) is 6.13. The van der Waals surface area contributed by atoms with Crippen molar-refractivity contribution in [1.29, 1.82) is 0 Å². The standard InChI is InChI=1S/C26H31N3O3S/c1-4-21-18(2)33-25(24(21)26(31)32-3)27-23(30)17-29-14-12-28(13-15-29)16-20-10-7-9-19-8-5-6-11-22(19)20/h5-11H,4,12-17H2,1-3H3,(H,27,30). The van der Waals surface area contributed by atoms with Gasteiger partial charge >= 0.3 is 5.97 Å². The van der Waals surface area contributed by atoms with E-state index in [0.29, 0.717) is 17.1 Å². The van der Waals surface area contributed by atoms with Crippen LogP contribution in [0, 0.1) is 6.92 Å². The van der Waals surface area contributed by atoms with Gasteiger partial charge in [0.15, 0.2) is 0 Å². The average Bonchev–Trinajstić information content (AvgIpc) is 3.14. The molecular formula is C26H31N3O3S. The molecule has 0 aliphatic carbocycles. The molecule has 0 bridgehead atoms. The van der Waals surface area contributed by atoms with Crippen LogP contribution in [0.15, 0.2) is 42.5 Å². The summed E-state index contributed by atoms with van der Waals surface area (Å²) in [5.41, 5.74) is 2.79. The van der Waals surface area contributed by atoms with Crippen LogP contribution in [0.2, 0.25) is 0 Å². The van der Waals surface area contributed by atoms with Gasteiger partial charge in [0.25, 0.3) is 0 Å². The van der Waals surface area contributed by atoms with Crippen LogP contribution < -0.4 is 5.32 Å². The quantitative estimate of drug-likeness (QED) is 0.527. The molecule has 1 aliphatic rings. The first kappa shape index (κ1) is 23.4. The minimum Gasteiger partial charge on any atom is -0.465 e. The Labute approximate surface area is 199 Å². The van der Waals surface area contributed by atoms with Crippen molar-refractivity contribution in [2.45, 2.75) is 26.8 Å². The minimum absolute atomic E-state index is 0.0911. The molecule has 3 aromatic rings. The molecule has 2 heterocycles. The Morgan fingerprint density at radius 1 is 1.03 bits per heavy atom. The summed E-state index contributed by atoms with van der Waals surface area (Å²) in [6.45, 7) is 8.73. The number of rotatable bonds is 7. The lowest BCUT2D eigenvalue weighted by atomic mass is 10.0. The number of ether oxygens (including phenoxy) is 1. The van der Waals surface area contributed by atoms with Crippen LogP contribution in [0.1, 0.15) is 33.3 Å². The molecule has 174 valence electrons. The largest absolute Gasteiger partial charge is 0.465 e. The Kier molecular flexibility index (Phi) is 7.42. The smallest absolute Gasteiger partial charge is 0.341 e. The van der Waals surface area contributed by atoms with Crippen LogP contribution in [-0.4, -0.2) is 61.5 Å². The summed E-state index contributed by atoms with van der Waals surface area (Å²) >= 11 is 1.44. The minimum atomic E-state index is -0.395. The molecule has 6 nitrogen and oxygen atoms in total. The normalized spacial score (nSPS) is 15.0. The van der Waals surface area contributed by atoms with Gasteiger partial charge in [0, 0.05) is 37.6 Å². The van der Waals surface area contributed by atoms with Crippen molar-refractivity contribution in [3.63, 3.8) is 0 Å². The van der Waals surface area contributed by atoms with Crippen LogP contribution in [0.4, 0.5) is 5.00 Å². The summed E-state index contributed by atoms with van der Waals surface area (Å²) in [5.74, 6) is -0.486. The van der Waals surface area contributed by atoms with Crippen molar-refractivity contribution in [3.05, 3.63) is 64.0 Å². The van der Waals surface area contributed by atoms with Gasteiger partial charge in [-0.15, -0.1) is 11.3 Å². The molecule has 2 aromatic carbocycles. The number of amides is 1. The summed E-state index contributed by atoms with van der Waals surface area (Å²) in [4.78, 5) is 30.7. The van der Waals surface area contributed by atoms with Crippen molar-refractivity contribution < 1.29 is 14.3 Å². The SMILES string of the molecule is CCc1c(C)sc(NC(=O)CN2CCN(Cc3cccc4ccccc34)CC2)c1C(=O)OC. The summed E-state index contributed by atoms with van der Waals surface area (Å²) in [6, 6.07) is 15.0. The van der Waals surface area contributed by atoms with Gasteiger partial charge in [-0.1, -0.05) is 49.4 Å². The van der Waals surface area contributed by atoms with Crippen molar-refractivity contribution in [3.8, 4) is 0 Å². The van der Waals surface area contributed by atoms with Gasteiger partial charge in [-0.05, 0) is 35.2 Å². The average molecular weight is 466 g/mol. The maximum atomic E-state index is 12.8. The number of carbonyl (C=O) groups is 2. The Hall–Kier alpha value is -2.74.